The lowest BCUT2D eigenvalue weighted by Gasteiger charge is -2.29. The molecule has 0 radical (unpaired) electrons. The Labute approximate surface area is 112 Å². The summed E-state index contributed by atoms with van der Waals surface area (Å²) in [7, 11) is 1.90. The molecule has 2 atom stereocenters. The van der Waals surface area contributed by atoms with Gasteiger partial charge in [-0.15, -0.1) is 12.4 Å². The fourth-order valence-electron chi connectivity index (χ4n) is 2.23. The first-order chi connectivity index (χ1) is 7.25. The summed E-state index contributed by atoms with van der Waals surface area (Å²) in [5.41, 5.74) is 5.97. The van der Waals surface area contributed by atoms with Crippen molar-refractivity contribution >= 4 is 18.3 Å². The Morgan fingerprint density at radius 1 is 1.53 bits per heavy atom. The van der Waals surface area contributed by atoms with E-state index in [2.05, 4.69) is 27.7 Å². The van der Waals surface area contributed by atoms with Crippen LogP contribution in [0.1, 0.15) is 40.5 Å². The Morgan fingerprint density at radius 2 is 2.06 bits per heavy atom. The summed E-state index contributed by atoms with van der Waals surface area (Å²) in [5, 5.41) is 0. The minimum atomic E-state index is 0. The zero-order chi connectivity index (χ0) is 12.6. The Morgan fingerprint density at radius 3 is 2.41 bits per heavy atom. The van der Waals surface area contributed by atoms with Crippen LogP contribution in [0.3, 0.4) is 0 Å². The first-order valence-electron chi connectivity index (χ1n) is 6.21. The fourth-order valence-corrected chi connectivity index (χ4v) is 2.23. The van der Waals surface area contributed by atoms with Crippen LogP contribution in [0.5, 0.6) is 0 Å². The summed E-state index contributed by atoms with van der Waals surface area (Å²) in [4.78, 5) is 14.0. The minimum absolute atomic E-state index is 0. The highest BCUT2D eigenvalue weighted by Crippen LogP contribution is 2.55. The Balaban J connectivity index is 0.00000256. The van der Waals surface area contributed by atoms with Crippen LogP contribution in [-0.2, 0) is 4.79 Å². The van der Waals surface area contributed by atoms with Gasteiger partial charge in [0.15, 0.2) is 0 Å². The summed E-state index contributed by atoms with van der Waals surface area (Å²) in [6, 6.07) is 0. The summed E-state index contributed by atoms with van der Waals surface area (Å²) < 4.78 is 0. The highest BCUT2D eigenvalue weighted by atomic mass is 35.5. The largest absolute Gasteiger partial charge is 0.345 e. The Hall–Kier alpha value is -0.280. The predicted molar refractivity (Wildman–Crippen MR) is 74.2 cm³/mol. The van der Waals surface area contributed by atoms with Gasteiger partial charge in [-0.05, 0) is 30.2 Å². The lowest BCUT2D eigenvalue weighted by molar-refractivity contribution is -0.133. The summed E-state index contributed by atoms with van der Waals surface area (Å²) in [6.45, 7) is 9.93. The molecule has 17 heavy (non-hydrogen) atoms. The quantitative estimate of drug-likeness (QED) is 0.826. The molecule has 0 aliphatic heterocycles. The van der Waals surface area contributed by atoms with Crippen LogP contribution in [0.25, 0.3) is 0 Å². The van der Waals surface area contributed by atoms with Crippen LogP contribution >= 0.6 is 12.4 Å². The van der Waals surface area contributed by atoms with Gasteiger partial charge in [0.05, 0.1) is 0 Å². The van der Waals surface area contributed by atoms with E-state index in [-0.39, 0.29) is 29.2 Å². The average Bonchev–Trinajstić information content (AvgIpc) is 2.90. The average molecular weight is 263 g/mol. The second-order valence-corrected chi connectivity index (χ2v) is 6.33. The molecule has 0 saturated heterocycles. The molecule has 0 spiro atoms. The molecule has 102 valence electrons. The minimum Gasteiger partial charge on any atom is -0.345 e. The van der Waals surface area contributed by atoms with E-state index in [0.717, 1.165) is 19.4 Å². The molecule has 1 fully saturated rings. The number of hydrogen-bond acceptors (Lipinski definition) is 2. The van der Waals surface area contributed by atoms with Gasteiger partial charge in [0.2, 0.25) is 5.91 Å². The molecular formula is C13H27ClN2O. The lowest BCUT2D eigenvalue weighted by Crippen LogP contribution is -2.40. The number of amides is 1. The molecule has 1 amide bonds. The van der Waals surface area contributed by atoms with E-state index in [1.807, 2.05) is 11.9 Å². The number of halogens is 1. The lowest BCUT2D eigenvalue weighted by atomic mass is 9.93. The van der Waals surface area contributed by atoms with Crippen molar-refractivity contribution in [3.05, 3.63) is 0 Å². The molecule has 0 aromatic heterocycles. The van der Waals surface area contributed by atoms with Crippen molar-refractivity contribution in [3.8, 4) is 0 Å². The molecule has 1 aliphatic rings. The van der Waals surface area contributed by atoms with Crippen LogP contribution in [0.2, 0.25) is 0 Å². The Bertz CT molecular complexity index is 281. The Kier molecular flexibility index (Phi) is 5.48. The molecule has 1 rings (SSSR count). The van der Waals surface area contributed by atoms with Gasteiger partial charge in [-0.1, -0.05) is 27.7 Å². The van der Waals surface area contributed by atoms with Crippen molar-refractivity contribution < 1.29 is 4.79 Å². The van der Waals surface area contributed by atoms with Gasteiger partial charge in [0, 0.05) is 19.5 Å². The molecule has 1 aliphatic carbocycles. The maximum absolute atomic E-state index is 12.2. The van der Waals surface area contributed by atoms with E-state index >= 15 is 0 Å². The fraction of sp³-hybridized carbons (Fsp3) is 0.923. The SMILES string of the molecule is CCC1(C)CC1C(=O)N(C)CC(C)(C)CN.Cl. The van der Waals surface area contributed by atoms with Gasteiger partial charge in [-0.25, -0.2) is 0 Å². The number of hydrogen-bond donors (Lipinski definition) is 1. The van der Waals surface area contributed by atoms with Crippen molar-refractivity contribution in [1.29, 1.82) is 0 Å². The zero-order valence-corrected chi connectivity index (χ0v) is 12.6. The summed E-state index contributed by atoms with van der Waals surface area (Å²) >= 11 is 0. The van der Waals surface area contributed by atoms with Gasteiger partial charge in [-0.2, -0.15) is 0 Å². The van der Waals surface area contributed by atoms with Crippen molar-refractivity contribution in [1.82, 2.24) is 4.90 Å². The van der Waals surface area contributed by atoms with Crippen LogP contribution in [0.15, 0.2) is 0 Å². The number of carbonyl (C=O) groups is 1. The van der Waals surface area contributed by atoms with Crippen molar-refractivity contribution in [3.63, 3.8) is 0 Å². The maximum atomic E-state index is 12.2. The third-order valence-electron chi connectivity index (χ3n) is 4.05. The van der Waals surface area contributed by atoms with E-state index in [0.29, 0.717) is 12.5 Å². The number of nitrogens with zero attached hydrogens (tertiary/aromatic N) is 1. The van der Waals surface area contributed by atoms with E-state index in [9.17, 15) is 4.79 Å². The molecular weight excluding hydrogens is 236 g/mol. The highest BCUT2D eigenvalue weighted by molar-refractivity contribution is 5.85. The van der Waals surface area contributed by atoms with Crippen molar-refractivity contribution in [2.75, 3.05) is 20.1 Å². The maximum Gasteiger partial charge on any atom is 0.226 e. The third kappa shape index (κ3) is 3.85. The van der Waals surface area contributed by atoms with E-state index in [1.54, 1.807) is 0 Å². The molecule has 3 nitrogen and oxygen atoms in total. The van der Waals surface area contributed by atoms with Gasteiger partial charge in [-0.3, -0.25) is 4.79 Å². The monoisotopic (exact) mass is 262 g/mol. The number of carbonyl (C=O) groups excluding carboxylic acids is 1. The molecule has 0 aromatic rings. The smallest absolute Gasteiger partial charge is 0.226 e. The van der Waals surface area contributed by atoms with E-state index < -0.39 is 0 Å². The highest BCUT2D eigenvalue weighted by Gasteiger charge is 2.53. The topological polar surface area (TPSA) is 46.3 Å². The van der Waals surface area contributed by atoms with Gasteiger partial charge in [0.25, 0.3) is 0 Å². The second-order valence-electron chi connectivity index (χ2n) is 6.33. The zero-order valence-electron chi connectivity index (χ0n) is 11.7. The molecule has 4 heteroatoms. The summed E-state index contributed by atoms with van der Waals surface area (Å²) in [5.74, 6) is 0.543. The molecule has 2 N–H and O–H groups in total. The number of nitrogens with two attached hydrogens (primary N) is 1. The molecule has 0 bridgehead atoms. The van der Waals surface area contributed by atoms with E-state index in [4.69, 9.17) is 5.73 Å². The summed E-state index contributed by atoms with van der Waals surface area (Å²) in [6.07, 6.45) is 2.15. The number of rotatable bonds is 5. The second kappa shape index (κ2) is 5.57. The molecule has 2 unspecified atom stereocenters. The van der Waals surface area contributed by atoms with Crippen molar-refractivity contribution in [2.24, 2.45) is 22.5 Å². The van der Waals surface area contributed by atoms with Gasteiger partial charge < -0.3 is 10.6 Å². The van der Waals surface area contributed by atoms with Crippen LogP contribution in [-0.4, -0.2) is 30.9 Å². The third-order valence-corrected chi connectivity index (χ3v) is 4.05. The first-order valence-corrected chi connectivity index (χ1v) is 6.21. The van der Waals surface area contributed by atoms with Gasteiger partial charge >= 0.3 is 0 Å². The first kappa shape index (κ1) is 16.7. The van der Waals surface area contributed by atoms with Crippen LogP contribution in [0, 0.1) is 16.7 Å². The van der Waals surface area contributed by atoms with E-state index in [1.165, 1.54) is 0 Å². The predicted octanol–water partition coefficient (Wildman–Crippen LogP) is 2.29. The van der Waals surface area contributed by atoms with Gasteiger partial charge in [0.1, 0.15) is 0 Å². The molecule has 0 aromatic carbocycles. The van der Waals surface area contributed by atoms with Crippen molar-refractivity contribution in [2.45, 2.75) is 40.5 Å². The van der Waals surface area contributed by atoms with Crippen LogP contribution < -0.4 is 5.73 Å². The van der Waals surface area contributed by atoms with Crippen LogP contribution in [0.4, 0.5) is 0 Å². The standard InChI is InChI=1S/C13H26N2O.ClH/c1-6-13(4)7-10(13)11(16)15(5)9-12(2,3)8-14;/h10H,6-9,14H2,1-5H3;1H. The normalized spacial score (nSPS) is 27.3. The molecule has 1 saturated carbocycles. The molecule has 0 heterocycles.